The molecule has 1 heterocycles. The third-order valence-corrected chi connectivity index (χ3v) is 3.23. The standard InChI is InChI=1S/C13H12N2O3S/c16-11(17)6-7-14-12(18)13-15-10(8-19-13)9-4-2-1-3-5-9/h1-5,8H,6-7H2,(H,14,18)(H,16,17). The minimum absolute atomic E-state index is 0.0946. The van der Waals surface area contributed by atoms with E-state index in [1.807, 2.05) is 30.3 Å². The molecule has 0 radical (unpaired) electrons. The fourth-order valence-corrected chi connectivity index (χ4v) is 2.22. The second-order valence-electron chi connectivity index (χ2n) is 3.80. The van der Waals surface area contributed by atoms with Gasteiger partial charge >= 0.3 is 5.97 Å². The van der Waals surface area contributed by atoms with Gasteiger partial charge in [0.1, 0.15) is 0 Å². The summed E-state index contributed by atoms with van der Waals surface area (Å²) in [6, 6.07) is 9.56. The number of aliphatic carboxylic acids is 1. The number of hydrogen-bond acceptors (Lipinski definition) is 4. The molecule has 0 atom stereocenters. The SMILES string of the molecule is O=C(O)CCNC(=O)c1nc(-c2ccccc2)cs1. The van der Waals surface area contributed by atoms with Gasteiger partial charge in [0.25, 0.3) is 5.91 Å². The maximum Gasteiger partial charge on any atom is 0.305 e. The van der Waals surface area contributed by atoms with Crippen LogP contribution in [0.5, 0.6) is 0 Å². The molecule has 0 saturated carbocycles. The van der Waals surface area contributed by atoms with Crippen LogP contribution < -0.4 is 5.32 Å². The Hall–Kier alpha value is -2.21. The van der Waals surface area contributed by atoms with Gasteiger partial charge in [0.2, 0.25) is 0 Å². The van der Waals surface area contributed by atoms with E-state index in [0.717, 1.165) is 11.3 Å². The van der Waals surface area contributed by atoms with Crippen LogP contribution in [0.15, 0.2) is 35.7 Å². The molecule has 98 valence electrons. The molecule has 0 spiro atoms. The third-order valence-electron chi connectivity index (χ3n) is 2.39. The van der Waals surface area contributed by atoms with E-state index < -0.39 is 5.97 Å². The summed E-state index contributed by atoms with van der Waals surface area (Å²) in [5, 5.41) is 13.2. The van der Waals surface area contributed by atoms with E-state index in [1.165, 1.54) is 11.3 Å². The van der Waals surface area contributed by atoms with Gasteiger partial charge in [0.15, 0.2) is 5.01 Å². The van der Waals surface area contributed by atoms with Gasteiger partial charge in [-0.05, 0) is 0 Å². The van der Waals surface area contributed by atoms with E-state index in [1.54, 1.807) is 5.38 Å². The molecule has 1 amide bonds. The maximum atomic E-state index is 11.7. The van der Waals surface area contributed by atoms with E-state index >= 15 is 0 Å². The Morgan fingerprint density at radius 1 is 1.26 bits per heavy atom. The highest BCUT2D eigenvalue weighted by Crippen LogP contribution is 2.21. The molecule has 0 aliphatic heterocycles. The van der Waals surface area contributed by atoms with Gasteiger partial charge in [0, 0.05) is 17.5 Å². The number of hydrogen-bond donors (Lipinski definition) is 2. The van der Waals surface area contributed by atoms with E-state index in [9.17, 15) is 9.59 Å². The number of carbonyl (C=O) groups is 2. The van der Waals surface area contributed by atoms with Crippen LogP contribution >= 0.6 is 11.3 Å². The summed E-state index contributed by atoms with van der Waals surface area (Å²) in [5.41, 5.74) is 1.69. The minimum Gasteiger partial charge on any atom is -0.481 e. The summed E-state index contributed by atoms with van der Waals surface area (Å²) in [5.74, 6) is -1.28. The number of carbonyl (C=O) groups excluding carboxylic acids is 1. The van der Waals surface area contributed by atoms with Crippen LogP contribution in [0.25, 0.3) is 11.3 Å². The molecule has 0 saturated heterocycles. The van der Waals surface area contributed by atoms with Crippen molar-refractivity contribution in [3.05, 3.63) is 40.7 Å². The van der Waals surface area contributed by atoms with E-state index in [4.69, 9.17) is 5.11 Å². The molecule has 2 aromatic rings. The van der Waals surface area contributed by atoms with Crippen molar-refractivity contribution in [2.24, 2.45) is 0 Å². The lowest BCUT2D eigenvalue weighted by Gasteiger charge is -1.99. The summed E-state index contributed by atoms with van der Waals surface area (Å²) in [6.45, 7) is 0.106. The zero-order valence-corrected chi connectivity index (χ0v) is 10.8. The molecule has 1 aromatic heterocycles. The van der Waals surface area contributed by atoms with Crippen LogP contribution in [0, 0.1) is 0 Å². The number of carboxylic acid groups (broad SMARTS) is 1. The highest BCUT2D eigenvalue weighted by molar-refractivity contribution is 7.12. The van der Waals surface area contributed by atoms with Gasteiger partial charge in [-0.25, -0.2) is 4.98 Å². The number of benzene rings is 1. The predicted octanol–water partition coefficient (Wildman–Crippen LogP) is 2.01. The van der Waals surface area contributed by atoms with E-state index in [0.29, 0.717) is 5.01 Å². The van der Waals surface area contributed by atoms with Gasteiger partial charge in [-0.15, -0.1) is 11.3 Å². The third kappa shape index (κ3) is 3.62. The number of carboxylic acids is 1. The van der Waals surface area contributed by atoms with Crippen LogP contribution in [0.1, 0.15) is 16.2 Å². The van der Waals surface area contributed by atoms with Crippen LogP contribution in [0.2, 0.25) is 0 Å². The van der Waals surface area contributed by atoms with Crippen molar-refractivity contribution < 1.29 is 14.7 Å². The van der Waals surface area contributed by atoms with Gasteiger partial charge in [-0.3, -0.25) is 9.59 Å². The zero-order valence-electron chi connectivity index (χ0n) is 10.00. The van der Waals surface area contributed by atoms with Gasteiger partial charge in [0.05, 0.1) is 12.1 Å². The first-order valence-electron chi connectivity index (χ1n) is 5.68. The highest BCUT2D eigenvalue weighted by Gasteiger charge is 2.11. The first kappa shape index (κ1) is 13.2. The largest absolute Gasteiger partial charge is 0.481 e. The molecule has 1 aromatic carbocycles. The highest BCUT2D eigenvalue weighted by atomic mass is 32.1. The number of rotatable bonds is 5. The number of amides is 1. The Bertz CT molecular complexity index is 581. The fourth-order valence-electron chi connectivity index (χ4n) is 1.48. The van der Waals surface area contributed by atoms with E-state index in [2.05, 4.69) is 10.3 Å². The molecular formula is C13H12N2O3S. The summed E-state index contributed by atoms with van der Waals surface area (Å²) < 4.78 is 0. The summed E-state index contributed by atoms with van der Waals surface area (Å²) in [4.78, 5) is 26.3. The maximum absolute atomic E-state index is 11.7. The van der Waals surface area contributed by atoms with Crippen LogP contribution in [-0.4, -0.2) is 28.5 Å². The lowest BCUT2D eigenvalue weighted by atomic mass is 10.2. The average molecular weight is 276 g/mol. The van der Waals surface area contributed by atoms with Crippen molar-refractivity contribution in [2.45, 2.75) is 6.42 Å². The summed E-state index contributed by atoms with van der Waals surface area (Å²) >= 11 is 1.24. The molecular weight excluding hydrogens is 264 g/mol. The second kappa shape index (κ2) is 6.10. The number of nitrogens with zero attached hydrogens (tertiary/aromatic N) is 1. The summed E-state index contributed by atoms with van der Waals surface area (Å²) in [7, 11) is 0. The molecule has 2 N–H and O–H groups in total. The second-order valence-corrected chi connectivity index (χ2v) is 4.66. The zero-order chi connectivity index (χ0) is 13.7. The molecule has 5 nitrogen and oxygen atoms in total. The Morgan fingerprint density at radius 2 is 2.00 bits per heavy atom. The van der Waals surface area contributed by atoms with Crippen molar-refractivity contribution in [2.75, 3.05) is 6.54 Å². The predicted molar refractivity (Wildman–Crippen MR) is 72.1 cm³/mol. The summed E-state index contributed by atoms with van der Waals surface area (Å²) in [6.07, 6.45) is -0.0946. The molecule has 2 rings (SSSR count). The lowest BCUT2D eigenvalue weighted by molar-refractivity contribution is -0.136. The van der Waals surface area contributed by atoms with Crippen molar-refractivity contribution in [3.8, 4) is 11.3 Å². The van der Waals surface area contributed by atoms with Crippen LogP contribution in [-0.2, 0) is 4.79 Å². The van der Waals surface area contributed by atoms with Crippen molar-refractivity contribution in [1.29, 1.82) is 0 Å². The van der Waals surface area contributed by atoms with E-state index in [-0.39, 0.29) is 18.9 Å². The number of nitrogens with one attached hydrogen (secondary N) is 1. The molecule has 0 aliphatic rings. The lowest BCUT2D eigenvalue weighted by Crippen LogP contribution is -2.25. The van der Waals surface area contributed by atoms with Crippen molar-refractivity contribution >= 4 is 23.2 Å². The van der Waals surface area contributed by atoms with Gasteiger partial charge < -0.3 is 10.4 Å². The quantitative estimate of drug-likeness (QED) is 0.875. The minimum atomic E-state index is -0.940. The molecule has 6 heteroatoms. The van der Waals surface area contributed by atoms with Gasteiger partial charge in [-0.2, -0.15) is 0 Å². The fraction of sp³-hybridized carbons (Fsp3) is 0.154. The van der Waals surface area contributed by atoms with Gasteiger partial charge in [-0.1, -0.05) is 30.3 Å². The van der Waals surface area contributed by atoms with Crippen LogP contribution in [0.3, 0.4) is 0 Å². The molecule has 0 unspecified atom stereocenters. The normalized spacial score (nSPS) is 10.1. The smallest absolute Gasteiger partial charge is 0.305 e. The molecule has 0 bridgehead atoms. The molecule has 0 aliphatic carbocycles. The number of thiazole rings is 1. The topological polar surface area (TPSA) is 79.3 Å². The van der Waals surface area contributed by atoms with Crippen molar-refractivity contribution in [3.63, 3.8) is 0 Å². The van der Waals surface area contributed by atoms with Crippen LogP contribution in [0.4, 0.5) is 0 Å². The molecule has 19 heavy (non-hydrogen) atoms. The Kier molecular flexibility index (Phi) is 4.25. The monoisotopic (exact) mass is 276 g/mol. The Morgan fingerprint density at radius 3 is 2.68 bits per heavy atom. The average Bonchev–Trinajstić information content (AvgIpc) is 2.89. The molecule has 0 fully saturated rings. The first-order valence-corrected chi connectivity index (χ1v) is 6.56. The number of aromatic nitrogens is 1. The first-order chi connectivity index (χ1) is 9.16. The Balaban J connectivity index is 2.01. The van der Waals surface area contributed by atoms with Crippen molar-refractivity contribution in [1.82, 2.24) is 10.3 Å². The Labute approximate surface area is 113 Å².